The Morgan fingerprint density at radius 1 is 0.604 bits per heavy atom. The zero-order chi connectivity index (χ0) is 33.9. The summed E-state index contributed by atoms with van der Waals surface area (Å²) < 4.78 is 12.6. The number of ether oxygens (including phenoxy) is 2. The summed E-state index contributed by atoms with van der Waals surface area (Å²) in [5.41, 5.74) is -2.53. The van der Waals surface area contributed by atoms with Crippen LogP contribution in [0.2, 0.25) is 0 Å². The minimum Gasteiger partial charge on any atom is -0.459 e. The van der Waals surface area contributed by atoms with Crippen LogP contribution >= 0.6 is 0 Å². The summed E-state index contributed by atoms with van der Waals surface area (Å²) in [7, 11) is 1.14. The highest BCUT2D eigenvalue weighted by Gasteiger charge is 2.22. The number of hydrogen-bond donors (Lipinski definition) is 2. The standard InChI is InChI=1S/C36H31N3O9/c1-37-34(44)38(18-25(40)20-47-32(42)30-16-8-12-22-9-2-5-13-27(22)30)36(46)39(35(37)45)19-26(41)21-48-33(43)31-28-14-6-3-10-23(28)17-24-11-4-7-15-29(24)31/h2-17,25-26,40-41H,18-21H2,1H3. The molecule has 2 N–H and O–H groups in total. The van der Waals surface area contributed by atoms with Crippen LogP contribution in [0.4, 0.5) is 0 Å². The average Bonchev–Trinajstić information content (AvgIpc) is 3.11. The van der Waals surface area contributed by atoms with Gasteiger partial charge < -0.3 is 19.7 Å². The Morgan fingerprint density at radius 3 is 1.62 bits per heavy atom. The first-order valence-corrected chi connectivity index (χ1v) is 15.1. The second kappa shape index (κ2) is 13.5. The number of esters is 2. The van der Waals surface area contributed by atoms with Crippen molar-refractivity contribution in [2.45, 2.75) is 25.3 Å². The Kier molecular flexibility index (Phi) is 9.02. The summed E-state index contributed by atoms with van der Waals surface area (Å²) in [4.78, 5) is 65.1. The summed E-state index contributed by atoms with van der Waals surface area (Å²) in [6, 6.07) is 28.9. The van der Waals surface area contributed by atoms with Gasteiger partial charge in [-0.3, -0.25) is 0 Å². The fourth-order valence-electron chi connectivity index (χ4n) is 5.72. The van der Waals surface area contributed by atoms with Gasteiger partial charge in [0.15, 0.2) is 0 Å². The topological polar surface area (TPSA) is 159 Å². The van der Waals surface area contributed by atoms with Crippen LogP contribution in [-0.2, 0) is 29.6 Å². The van der Waals surface area contributed by atoms with Crippen molar-refractivity contribution in [2.75, 3.05) is 13.2 Å². The number of fused-ring (bicyclic) bond motifs is 3. The van der Waals surface area contributed by atoms with Crippen LogP contribution < -0.4 is 17.1 Å². The number of nitrogens with zero attached hydrogens (tertiary/aromatic N) is 3. The molecule has 0 bridgehead atoms. The Labute approximate surface area is 272 Å². The van der Waals surface area contributed by atoms with E-state index in [4.69, 9.17) is 9.47 Å². The van der Waals surface area contributed by atoms with Gasteiger partial charge in [0.05, 0.1) is 24.2 Å². The first-order valence-electron chi connectivity index (χ1n) is 15.1. The first-order chi connectivity index (χ1) is 23.1. The van der Waals surface area contributed by atoms with Crippen molar-refractivity contribution in [3.05, 3.63) is 140 Å². The molecule has 0 saturated carbocycles. The molecule has 12 nitrogen and oxygen atoms in total. The highest BCUT2D eigenvalue weighted by atomic mass is 16.5. The van der Waals surface area contributed by atoms with Crippen LogP contribution in [0.1, 0.15) is 20.7 Å². The molecule has 244 valence electrons. The van der Waals surface area contributed by atoms with Crippen LogP contribution in [0, 0.1) is 0 Å². The summed E-state index contributed by atoms with van der Waals surface area (Å²) in [5, 5.41) is 25.8. The lowest BCUT2D eigenvalue weighted by molar-refractivity contribution is 0.0192. The summed E-state index contributed by atoms with van der Waals surface area (Å²) >= 11 is 0. The van der Waals surface area contributed by atoms with Gasteiger partial charge in [-0.15, -0.1) is 0 Å². The van der Waals surface area contributed by atoms with Gasteiger partial charge in [-0.05, 0) is 44.5 Å². The van der Waals surface area contributed by atoms with E-state index in [-0.39, 0.29) is 5.56 Å². The third-order valence-corrected chi connectivity index (χ3v) is 8.08. The number of aromatic nitrogens is 3. The third-order valence-electron chi connectivity index (χ3n) is 8.08. The molecule has 0 aliphatic heterocycles. The molecule has 48 heavy (non-hydrogen) atoms. The lowest BCUT2D eigenvalue weighted by Crippen LogP contribution is -2.56. The van der Waals surface area contributed by atoms with Crippen molar-refractivity contribution in [1.82, 2.24) is 13.7 Å². The van der Waals surface area contributed by atoms with E-state index in [1.54, 1.807) is 48.5 Å². The van der Waals surface area contributed by atoms with E-state index in [1.165, 1.54) is 0 Å². The highest BCUT2D eigenvalue weighted by molar-refractivity contribution is 6.16. The molecule has 0 fully saturated rings. The molecule has 0 saturated heterocycles. The quantitative estimate of drug-likeness (QED) is 0.168. The van der Waals surface area contributed by atoms with E-state index in [1.807, 2.05) is 48.5 Å². The van der Waals surface area contributed by atoms with Crippen molar-refractivity contribution in [1.29, 1.82) is 0 Å². The number of benzene rings is 5. The van der Waals surface area contributed by atoms with Gasteiger partial charge in [-0.1, -0.05) is 84.9 Å². The molecule has 0 spiro atoms. The van der Waals surface area contributed by atoms with Crippen molar-refractivity contribution in [2.24, 2.45) is 7.05 Å². The molecule has 0 aliphatic carbocycles. The Bertz CT molecular complexity index is 2320. The first kappa shape index (κ1) is 32.1. The SMILES string of the molecule is Cn1c(=O)n(CC(O)COC(=O)c2cccc3ccccc23)c(=O)n(CC(O)COC(=O)c2c3ccccc3cc3ccccc23)c1=O. The lowest BCUT2D eigenvalue weighted by atomic mass is 9.97. The van der Waals surface area contributed by atoms with E-state index in [9.17, 15) is 34.2 Å². The zero-order valence-electron chi connectivity index (χ0n) is 25.8. The minimum atomic E-state index is -1.50. The smallest absolute Gasteiger partial charge is 0.339 e. The van der Waals surface area contributed by atoms with Crippen LogP contribution in [0.5, 0.6) is 0 Å². The van der Waals surface area contributed by atoms with Crippen LogP contribution in [0.15, 0.2) is 111 Å². The van der Waals surface area contributed by atoms with Crippen molar-refractivity contribution < 1.29 is 29.3 Å². The molecule has 12 heteroatoms. The zero-order valence-corrected chi connectivity index (χ0v) is 25.8. The number of aliphatic hydroxyl groups is 2. The maximum absolute atomic E-state index is 13.3. The van der Waals surface area contributed by atoms with E-state index < -0.39 is 67.5 Å². The maximum Gasteiger partial charge on any atom is 0.339 e. The molecular formula is C36H31N3O9. The van der Waals surface area contributed by atoms with Crippen LogP contribution in [0.25, 0.3) is 32.3 Å². The number of hydrogen-bond acceptors (Lipinski definition) is 9. The van der Waals surface area contributed by atoms with Crippen molar-refractivity contribution in [3.63, 3.8) is 0 Å². The second-order valence-electron chi connectivity index (χ2n) is 11.4. The number of rotatable bonds is 10. The van der Waals surface area contributed by atoms with Crippen LogP contribution in [-0.4, -0.2) is 61.3 Å². The largest absolute Gasteiger partial charge is 0.459 e. The Balaban J connectivity index is 1.15. The fourth-order valence-corrected chi connectivity index (χ4v) is 5.72. The van der Waals surface area contributed by atoms with Crippen LogP contribution in [0.3, 0.4) is 0 Å². The predicted molar refractivity (Wildman–Crippen MR) is 178 cm³/mol. The molecule has 5 aromatic carbocycles. The lowest BCUT2D eigenvalue weighted by Gasteiger charge is -2.17. The third kappa shape index (κ3) is 6.26. The van der Waals surface area contributed by atoms with Gasteiger partial charge in [0, 0.05) is 7.05 Å². The number of carbonyl (C=O) groups is 2. The molecule has 2 atom stereocenters. The number of carbonyl (C=O) groups excluding carboxylic acids is 2. The molecule has 6 rings (SSSR count). The van der Waals surface area contributed by atoms with Crippen molar-refractivity contribution in [3.8, 4) is 0 Å². The molecule has 2 unspecified atom stereocenters. The Morgan fingerprint density at radius 2 is 1.06 bits per heavy atom. The van der Waals surface area contributed by atoms with E-state index in [0.29, 0.717) is 35.4 Å². The Hall–Kier alpha value is -5.85. The van der Waals surface area contributed by atoms with Crippen molar-refractivity contribution >= 4 is 44.3 Å². The van der Waals surface area contributed by atoms with Gasteiger partial charge in [0.1, 0.15) is 25.4 Å². The van der Waals surface area contributed by atoms with E-state index in [0.717, 1.165) is 23.2 Å². The second-order valence-corrected chi connectivity index (χ2v) is 11.4. The molecule has 0 amide bonds. The molecule has 0 radical (unpaired) electrons. The number of aliphatic hydroxyl groups excluding tert-OH is 2. The molecule has 6 aromatic rings. The average molecular weight is 650 g/mol. The molecular weight excluding hydrogens is 618 g/mol. The van der Waals surface area contributed by atoms with E-state index >= 15 is 0 Å². The summed E-state index contributed by atoms with van der Waals surface area (Å²) in [6.45, 7) is -2.31. The summed E-state index contributed by atoms with van der Waals surface area (Å²) in [6.07, 6.45) is -2.99. The minimum absolute atomic E-state index is 0.283. The van der Waals surface area contributed by atoms with Gasteiger partial charge in [0.2, 0.25) is 0 Å². The molecule has 1 aromatic heterocycles. The molecule has 1 heterocycles. The predicted octanol–water partition coefficient (Wildman–Crippen LogP) is 2.60. The van der Waals surface area contributed by atoms with Gasteiger partial charge in [0.25, 0.3) is 0 Å². The monoisotopic (exact) mass is 649 g/mol. The van der Waals surface area contributed by atoms with Gasteiger partial charge >= 0.3 is 29.0 Å². The fraction of sp³-hybridized carbons (Fsp3) is 0.194. The maximum atomic E-state index is 13.3. The van der Waals surface area contributed by atoms with Gasteiger partial charge in [-0.2, -0.15) is 0 Å². The van der Waals surface area contributed by atoms with E-state index in [2.05, 4.69) is 0 Å². The normalized spacial score (nSPS) is 12.6. The van der Waals surface area contributed by atoms with Gasteiger partial charge in [-0.25, -0.2) is 37.7 Å². The highest BCUT2D eigenvalue weighted by Crippen LogP contribution is 2.29. The summed E-state index contributed by atoms with van der Waals surface area (Å²) in [5.74, 6) is -1.40. The molecule has 0 aliphatic rings.